The number of anilines is 1. The number of alkyl halides is 3. The van der Waals surface area contributed by atoms with Crippen LogP contribution in [0.25, 0.3) is 22.4 Å². The molecule has 1 atom stereocenters. The van der Waals surface area contributed by atoms with Crippen LogP contribution in [0.2, 0.25) is 0 Å². The standard InChI is InChI=1S/C28H36F3N5O2/c1-5-7-9-19(6-2)27(37)36-14-12-35(13-15-36)25-23-24(20-10-8-11-21(17-20)28(29,30)31)34-38-26(23)33-22(32-25)16-18(3)4/h8,10-11,17-19H,5-7,9,12-16H2,1-4H3. The van der Waals surface area contributed by atoms with Crippen LogP contribution in [-0.4, -0.2) is 52.1 Å². The summed E-state index contributed by atoms with van der Waals surface area (Å²) in [5, 5.41) is 4.63. The summed E-state index contributed by atoms with van der Waals surface area (Å²) in [5.74, 6) is 1.72. The topological polar surface area (TPSA) is 75.4 Å². The molecule has 0 spiro atoms. The van der Waals surface area contributed by atoms with Crippen molar-refractivity contribution in [1.29, 1.82) is 0 Å². The summed E-state index contributed by atoms with van der Waals surface area (Å²) < 4.78 is 45.8. The molecular formula is C28H36F3N5O2. The summed E-state index contributed by atoms with van der Waals surface area (Å²) in [5.41, 5.74) is 0.0600. The van der Waals surface area contributed by atoms with Crippen LogP contribution in [0.1, 0.15) is 64.8 Å². The van der Waals surface area contributed by atoms with E-state index in [2.05, 4.69) is 42.7 Å². The second-order valence-corrected chi connectivity index (χ2v) is 10.4. The fourth-order valence-corrected chi connectivity index (χ4v) is 4.95. The fourth-order valence-electron chi connectivity index (χ4n) is 4.95. The minimum absolute atomic E-state index is 0.0375. The molecule has 4 rings (SSSR count). The van der Waals surface area contributed by atoms with Gasteiger partial charge in [0.25, 0.3) is 5.71 Å². The number of hydrogen-bond donors (Lipinski definition) is 0. The molecule has 3 heterocycles. The molecule has 0 bridgehead atoms. The molecule has 0 radical (unpaired) electrons. The number of unbranched alkanes of at least 4 members (excludes halogenated alkanes) is 1. The van der Waals surface area contributed by atoms with E-state index in [-0.39, 0.29) is 28.8 Å². The second kappa shape index (κ2) is 11.7. The van der Waals surface area contributed by atoms with Crippen molar-refractivity contribution in [2.45, 2.75) is 66.0 Å². The first kappa shape index (κ1) is 27.9. The number of nitrogens with zero attached hydrogens (tertiary/aromatic N) is 5. The molecule has 10 heteroatoms. The lowest BCUT2D eigenvalue weighted by atomic mass is 9.97. The van der Waals surface area contributed by atoms with Gasteiger partial charge in [-0.25, -0.2) is 4.98 Å². The number of benzene rings is 1. The molecule has 38 heavy (non-hydrogen) atoms. The highest BCUT2D eigenvalue weighted by atomic mass is 19.4. The monoisotopic (exact) mass is 531 g/mol. The molecule has 1 unspecified atom stereocenters. The van der Waals surface area contributed by atoms with Crippen molar-refractivity contribution in [1.82, 2.24) is 20.0 Å². The van der Waals surface area contributed by atoms with Crippen molar-refractivity contribution >= 4 is 22.8 Å². The van der Waals surface area contributed by atoms with Crippen LogP contribution < -0.4 is 4.90 Å². The third-order valence-corrected chi connectivity index (χ3v) is 7.06. The van der Waals surface area contributed by atoms with Crippen molar-refractivity contribution in [2.75, 3.05) is 31.1 Å². The first-order chi connectivity index (χ1) is 18.1. The lowest BCUT2D eigenvalue weighted by Crippen LogP contribution is -2.50. The van der Waals surface area contributed by atoms with E-state index in [1.54, 1.807) is 6.07 Å². The molecule has 3 aromatic rings. The van der Waals surface area contributed by atoms with Gasteiger partial charge in [0.05, 0.1) is 5.56 Å². The predicted molar refractivity (Wildman–Crippen MR) is 141 cm³/mol. The van der Waals surface area contributed by atoms with Gasteiger partial charge in [-0.3, -0.25) is 4.79 Å². The Kier molecular flexibility index (Phi) is 8.57. The van der Waals surface area contributed by atoms with Gasteiger partial charge < -0.3 is 14.3 Å². The Morgan fingerprint density at radius 2 is 1.84 bits per heavy atom. The Morgan fingerprint density at radius 3 is 2.47 bits per heavy atom. The quantitative estimate of drug-likeness (QED) is 0.320. The predicted octanol–water partition coefficient (Wildman–Crippen LogP) is 6.37. The van der Waals surface area contributed by atoms with Crippen molar-refractivity contribution in [3.05, 3.63) is 35.7 Å². The number of carbonyl (C=O) groups is 1. The van der Waals surface area contributed by atoms with E-state index >= 15 is 0 Å². The number of fused-ring (bicyclic) bond motifs is 1. The maximum Gasteiger partial charge on any atom is 0.416 e. The van der Waals surface area contributed by atoms with E-state index in [0.717, 1.165) is 37.8 Å². The van der Waals surface area contributed by atoms with E-state index in [9.17, 15) is 18.0 Å². The fraction of sp³-hybridized carbons (Fsp3) is 0.571. The Labute approximate surface area is 221 Å². The van der Waals surface area contributed by atoms with E-state index in [1.165, 1.54) is 6.07 Å². The maximum absolute atomic E-state index is 13.4. The normalized spacial score (nSPS) is 15.5. The van der Waals surface area contributed by atoms with Gasteiger partial charge >= 0.3 is 6.18 Å². The van der Waals surface area contributed by atoms with E-state index < -0.39 is 11.7 Å². The minimum atomic E-state index is -4.48. The molecule has 206 valence electrons. The van der Waals surface area contributed by atoms with Crippen LogP contribution in [0.4, 0.5) is 19.0 Å². The number of halogens is 3. The van der Waals surface area contributed by atoms with E-state index in [0.29, 0.717) is 55.5 Å². The summed E-state index contributed by atoms with van der Waals surface area (Å²) >= 11 is 0. The number of carbonyl (C=O) groups excluding carboxylic acids is 1. The van der Waals surface area contributed by atoms with Gasteiger partial charge in [-0.2, -0.15) is 18.2 Å². The summed E-state index contributed by atoms with van der Waals surface area (Å²) in [6.45, 7) is 10.5. The summed E-state index contributed by atoms with van der Waals surface area (Å²) in [4.78, 5) is 26.5. The van der Waals surface area contributed by atoms with E-state index in [1.807, 2.05) is 4.90 Å². The highest BCUT2D eigenvalue weighted by molar-refractivity contribution is 5.98. The number of hydrogen-bond acceptors (Lipinski definition) is 6. The van der Waals surface area contributed by atoms with Crippen molar-refractivity contribution < 1.29 is 22.5 Å². The lowest BCUT2D eigenvalue weighted by molar-refractivity contribution is -0.137. The smallest absolute Gasteiger partial charge is 0.352 e. The van der Waals surface area contributed by atoms with Crippen molar-refractivity contribution in [2.24, 2.45) is 11.8 Å². The Bertz CT molecular complexity index is 1250. The van der Waals surface area contributed by atoms with Crippen molar-refractivity contribution in [3.8, 4) is 11.3 Å². The first-order valence-corrected chi connectivity index (χ1v) is 13.5. The summed E-state index contributed by atoms with van der Waals surface area (Å²) in [7, 11) is 0. The number of aromatic nitrogens is 3. The highest BCUT2D eigenvalue weighted by Crippen LogP contribution is 2.37. The third-order valence-electron chi connectivity index (χ3n) is 7.06. The maximum atomic E-state index is 13.4. The Morgan fingerprint density at radius 1 is 1.11 bits per heavy atom. The van der Waals surface area contributed by atoms with Gasteiger partial charge in [0.1, 0.15) is 22.7 Å². The highest BCUT2D eigenvalue weighted by Gasteiger charge is 2.32. The molecule has 1 fully saturated rings. The van der Waals surface area contributed by atoms with Gasteiger partial charge in [-0.15, -0.1) is 0 Å². The van der Waals surface area contributed by atoms with Crippen LogP contribution >= 0.6 is 0 Å². The number of piperazine rings is 1. The zero-order valence-corrected chi connectivity index (χ0v) is 22.5. The molecule has 1 amide bonds. The molecule has 7 nitrogen and oxygen atoms in total. The molecule has 1 saturated heterocycles. The second-order valence-electron chi connectivity index (χ2n) is 10.4. The van der Waals surface area contributed by atoms with Crippen LogP contribution in [0.3, 0.4) is 0 Å². The summed E-state index contributed by atoms with van der Waals surface area (Å²) in [6.07, 6.45) is -0.0316. The molecule has 0 N–H and O–H groups in total. The van der Waals surface area contributed by atoms with E-state index in [4.69, 9.17) is 9.51 Å². The zero-order valence-electron chi connectivity index (χ0n) is 22.5. The minimum Gasteiger partial charge on any atom is -0.352 e. The number of rotatable bonds is 9. The van der Waals surface area contributed by atoms with Crippen LogP contribution in [-0.2, 0) is 17.4 Å². The van der Waals surface area contributed by atoms with Gasteiger partial charge in [-0.05, 0) is 30.9 Å². The lowest BCUT2D eigenvalue weighted by Gasteiger charge is -2.37. The first-order valence-electron chi connectivity index (χ1n) is 13.5. The van der Waals surface area contributed by atoms with Gasteiger partial charge in [0.15, 0.2) is 0 Å². The molecule has 2 aromatic heterocycles. The zero-order chi connectivity index (χ0) is 27.4. The largest absolute Gasteiger partial charge is 0.416 e. The van der Waals surface area contributed by atoms with Gasteiger partial charge in [0, 0.05) is 44.1 Å². The van der Waals surface area contributed by atoms with Gasteiger partial charge in [-0.1, -0.05) is 57.8 Å². The molecule has 1 aliphatic rings. The molecular weight excluding hydrogens is 495 g/mol. The summed E-state index contributed by atoms with van der Waals surface area (Å²) in [6, 6.07) is 5.04. The van der Waals surface area contributed by atoms with Crippen LogP contribution in [0, 0.1) is 11.8 Å². The Hall–Kier alpha value is -3.17. The van der Waals surface area contributed by atoms with Gasteiger partial charge in [0.2, 0.25) is 5.91 Å². The SMILES string of the molecule is CCCCC(CC)C(=O)N1CCN(c2nc(CC(C)C)nc3onc(-c4cccc(C(F)(F)F)c4)c23)CC1. The number of amides is 1. The molecule has 0 aliphatic carbocycles. The molecule has 1 aromatic carbocycles. The van der Waals surface area contributed by atoms with Crippen molar-refractivity contribution in [3.63, 3.8) is 0 Å². The molecule has 0 saturated carbocycles. The van der Waals surface area contributed by atoms with Crippen LogP contribution in [0.15, 0.2) is 28.8 Å². The van der Waals surface area contributed by atoms with Crippen LogP contribution in [0.5, 0.6) is 0 Å². The molecule has 1 aliphatic heterocycles. The average molecular weight is 532 g/mol. The third kappa shape index (κ3) is 6.10. The average Bonchev–Trinajstić information content (AvgIpc) is 3.32. The Balaban J connectivity index is 1.67.